The number of aryl methyl sites for hydroxylation is 1. The van der Waals surface area contributed by atoms with Gasteiger partial charge in [-0.15, -0.1) is 0 Å². The van der Waals surface area contributed by atoms with Crippen LogP contribution in [0.1, 0.15) is 43.3 Å². The van der Waals surface area contributed by atoms with E-state index in [1.54, 1.807) is 4.57 Å². The zero-order valence-corrected chi connectivity index (χ0v) is 12.7. The first-order valence-corrected chi connectivity index (χ1v) is 8.16. The molecule has 1 aromatic heterocycles. The topological polar surface area (TPSA) is 72.2 Å². The Balaban J connectivity index is 2.60. The molecule has 2 heterocycles. The molecule has 0 aliphatic carbocycles. The maximum Gasteiger partial charge on any atom is 0.348 e. The summed E-state index contributed by atoms with van der Waals surface area (Å²) in [6, 6.07) is 0.161. The van der Waals surface area contributed by atoms with Gasteiger partial charge >= 0.3 is 11.7 Å². The van der Waals surface area contributed by atoms with Gasteiger partial charge in [0, 0.05) is 23.1 Å². The predicted octanol–water partition coefficient (Wildman–Crippen LogP) is 1.67. The van der Waals surface area contributed by atoms with Gasteiger partial charge in [-0.1, -0.05) is 13.8 Å². The van der Waals surface area contributed by atoms with Crippen molar-refractivity contribution in [2.24, 2.45) is 0 Å². The van der Waals surface area contributed by atoms with E-state index in [1.165, 1.54) is 0 Å². The highest BCUT2D eigenvalue weighted by Gasteiger charge is 2.24. The largest absolute Gasteiger partial charge is 0.481 e. The summed E-state index contributed by atoms with van der Waals surface area (Å²) in [5, 5.41) is 9.11. The van der Waals surface area contributed by atoms with E-state index in [9.17, 15) is 9.59 Å². The maximum atomic E-state index is 12.3. The summed E-state index contributed by atoms with van der Waals surface area (Å²) in [5.74, 6) is 1.08. The number of carboxylic acid groups (broad SMARTS) is 1. The van der Waals surface area contributed by atoms with Crippen LogP contribution in [0.5, 0.6) is 0 Å². The molecule has 0 bridgehead atoms. The fourth-order valence-electron chi connectivity index (χ4n) is 2.80. The number of aliphatic carboxylic acids is 1. The predicted molar refractivity (Wildman–Crippen MR) is 79.6 cm³/mol. The van der Waals surface area contributed by atoms with E-state index >= 15 is 0 Å². The van der Waals surface area contributed by atoms with Gasteiger partial charge in [0.15, 0.2) is 0 Å². The first-order valence-electron chi connectivity index (χ1n) is 7.01. The number of aromatic nitrogens is 2. The Kier molecular flexibility index (Phi) is 4.86. The monoisotopic (exact) mass is 296 g/mol. The van der Waals surface area contributed by atoms with E-state index in [0.717, 1.165) is 29.2 Å². The summed E-state index contributed by atoms with van der Waals surface area (Å²) in [5.41, 5.74) is 2.01. The van der Waals surface area contributed by atoms with Crippen LogP contribution in [0.2, 0.25) is 0 Å². The first kappa shape index (κ1) is 15.1. The van der Waals surface area contributed by atoms with Crippen LogP contribution >= 0.6 is 11.8 Å². The SMILES string of the molecule is CCc1nc(=O)n(C2CCSC2)c(CC)c1CC(=O)O. The standard InChI is InChI=1S/C14H20N2O3S/c1-3-11-10(7-13(17)18)12(4-2)16(14(19)15-11)9-5-6-20-8-9/h9H,3-8H2,1-2H3,(H,17,18). The molecule has 5 nitrogen and oxygen atoms in total. The third-order valence-corrected chi connectivity index (χ3v) is 4.84. The summed E-state index contributed by atoms with van der Waals surface area (Å²) in [6.45, 7) is 3.88. The lowest BCUT2D eigenvalue weighted by molar-refractivity contribution is -0.136. The van der Waals surface area contributed by atoms with Crippen molar-refractivity contribution in [3.63, 3.8) is 0 Å². The average Bonchev–Trinajstić information content (AvgIpc) is 2.92. The van der Waals surface area contributed by atoms with Gasteiger partial charge in [0.05, 0.1) is 12.1 Å². The van der Waals surface area contributed by atoms with Crippen molar-refractivity contribution in [3.8, 4) is 0 Å². The van der Waals surface area contributed by atoms with Gasteiger partial charge in [0.1, 0.15) is 0 Å². The second-order valence-electron chi connectivity index (χ2n) is 4.93. The summed E-state index contributed by atoms with van der Waals surface area (Å²) in [4.78, 5) is 27.5. The molecular formula is C14H20N2O3S. The zero-order valence-electron chi connectivity index (χ0n) is 11.9. The summed E-state index contributed by atoms with van der Waals surface area (Å²) >= 11 is 1.83. The lowest BCUT2D eigenvalue weighted by atomic mass is 10.0. The Morgan fingerprint density at radius 3 is 2.70 bits per heavy atom. The molecule has 1 saturated heterocycles. The van der Waals surface area contributed by atoms with Gasteiger partial charge in [-0.3, -0.25) is 9.36 Å². The van der Waals surface area contributed by atoms with Crippen molar-refractivity contribution in [2.45, 2.75) is 45.6 Å². The van der Waals surface area contributed by atoms with Crippen LogP contribution in [0.15, 0.2) is 4.79 Å². The van der Waals surface area contributed by atoms with Crippen molar-refractivity contribution < 1.29 is 9.90 Å². The fourth-order valence-corrected chi connectivity index (χ4v) is 3.99. The second-order valence-corrected chi connectivity index (χ2v) is 6.08. The van der Waals surface area contributed by atoms with Gasteiger partial charge in [-0.05, 0) is 25.0 Å². The number of nitrogens with zero attached hydrogens (tertiary/aromatic N) is 2. The minimum Gasteiger partial charge on any atom is -0.481 e. The second kappa shape index (κ2) is 6.43. The molecule has 20 heavy (non-hydrogen) atoms. The molecule has 0 saturated carbocycles. The number of hydrogen-bond acceptors (Lipinski definition) is 4. The van der Waals surface area contributed by atoms with Crippen molar-refractivity contribution in [1.82, 2.24) is 9.55 Å². The van der Waals surface area contributed by atoms with E-state index < -0.39 is 5.97 Å². The van der Waals surface area contributed by atoms with Gasteiger partial charge in [-0.25, -0.2) is 4.79 Å². The van der Waals surface area contributed by atoms with Crippen molar-refractivity contribution in [3.05, 3.63) is 27.4 Å². The van der Waals surface area contributed by atoms with Gasteiger partial charge in [-0.2, -0.15) is 16.7 Å². The van der Waals surface area contributed by atoms with Gasteiger partial charge in [0.2, 0.25) is 0 Å². The fraction of sp³-hybridized carbons (Fsp3) is 0.643. The van der Waals surface area contributed by atoms with Crippen LogP contribution in [0.4, 0.5) is 0 Å². The Morgan fingerprint density at radius 1 is 1.45 bits per heavy atom. The molecule has 1 unspecified atom stereocenters. The minimum atomic E-state index is -0.873. The normalized spacial score (nSPS) is 18.4. The molecular weight excluding hydrogens is 276 g/mol. The lowest BCUT2D eigenvalue weighted by Crippen LogP contribution is -2.33. The van der Waals surface area contributed by atoms with Crippen LogP contribution < -0.4 is 5.69 Å². The molecule has 1 aliphatic rings. The Bertz CT molecular complexity index is 562. The number of carbonyl (C=O) groups is 1. The Labute approximate surface area is 122 Å². The molecule has 2 rings (SSSR count). The van der Waals surface area contributed by atoms with Crippen LogP contribution in [0.3, 0.4) is 0 Å². The van der Waals surface area contributed by atoms with Crippen LogP contribution in [-0.2, 0) is 24.1 Å². The molecule has 6 heteroatoms. The van der Waals surface area contributed by atoms with Crippen molar-refractivity contribution in [2.75, 3.05) is 11.5 Å². The average molecular weight is 296 g/mol. The highest BCUT2D eigenvalue weighted by Crippen LogP contribution is 2.29. The lowest BCUT2D eigenvalue weighted by Gasteiger charge is -2.21. The Morgan fingerprint density at radius 2 is 2.20 bits per heavy atom. The van der Waals surface area contributed by atoms with E-state index in [4.69, 9.17) is 5.11 Å². The zero-order chi connectivity index (χ0) is 14.7. The van der Waals surface area contributed by atoms with Crippen LogP contribution in [-0.4, -0.2) is 32.1 Å². The summed E-state index contributed by atoms with van der Waals surface area (Å²) < 4.78 is 1.75. The molecule has 0 radical (unpaired) electrons. The maximum absolute atomic E-state index is 12.3. The molecule has 1 aromatic rings. The molecule has 0 aromatic carbocycles. The van der Waals surface area contributed by atoms with Gasteiger partial charge in [0.25, 0.3) is 0 Å². The first-order chi connectivity index (χ1) is 9.58. The van der Waals surface area contributed by atoms with E-state index in [1.807, 2.05) is 25.6 Å². The molecule has 1 aliphatic heterocycles. The number of rotatable bonds is 5. The smallest absolute Gasteiger partial charge is 0.348 e. The number of carboxylic acids is 1. The number of thioether (sulfide) groups is 1. The summed E-state index contributed by atoms with van der Waals surface area (Å²) in [7, 11) is 0. The molecule has 1 N–H and O–H groups in total. The summed E-state index contributed by atoms with van der Waals surface area (Å²) in [6.07, 6.45) is 2.15. The van der Waals surface area contributed by atoms with Crippen molar-refractivity contribution in [1.29, 1.82) is 0 Å². The van der Waals surface area contributed by atoms with Crippen molar-refractivity contribution >= 4 is 17.7 Å². The minimum absolute atomic E-state index is 0.0561. The molecule has 0 amide bonds. The highest BCUT2D eigenvalue weighted by atomic mass is 32.2. The van der Waals surface area contributed by atoms with E-state index in [-0.39, 0.29) is 18.2 Å². The van der Waals surface area contributed by atoms with Crippen LogP contribution in [0.25, 0.3) is 0 Å². The Hall–Kier alpha value is -1.30. The van der Waals surface area contributed by atoms with E-state index in [2.05, 4.69) is 4.98 Å². The molecule has 1 fully saturated rings. The highest BCUT2D eigenvalue weighted by molar-refractivity contribution is 7.99. The van der Waals surface area contributed by atoms with Crippen LogP contribution in [0, 0.1) is 0 Å². The van der Waals surface area contributed by atoms with Gasteiger partial charge < -0.3 is 5.11 Å². The molecule has 1 atom stereocenters. The third kappa shape index (κ3) is 2.90. The van der Waals surface area contributed by atoms with E-state index in [0.29, 0.717) is 18.5 Å². The number of hydrogen-bond donors (Lipinski definition) is 1. The molecule has 0 spiro atoms. The third-order valence-electron chi connectivity index (χ3n) is 3.69. The quantitative estimate of drug-likeness (QED) is 0.895. The molecule has 110 valence electrons.